The minimum Gasteiger partial charge on any atom is -0.491 e. The van der Waals surface area contributed by atoms with Crippen LogP contribution in [0.25, 0.3) is 0 Å². The number of hydrogen-bond acceptors (Lipinski definition) is 3. The molecule has 20 heavy (non-hydrogen) atoms. The molecule has 0 heterocycles. The van der Waals surface area contributed by atoms with Gasteiger partial charge in [-0.2, -0.15) is 0 Å². The van der Waals surface area contributed by atoms with E-state index in [9.17, 15) is 9.90 Å². The number of carboxylic acid groups (broad SMARTS) is 1. The maximum absolute atomic E-state index is 11.2. The van der Waals surface area contributed by atoms with Gasteiger partial charge in [0.05, 0.1) is 0 Å². The van der Waals surface area contributed by atoms with Gasteiger partial charge in [0, 0.05) is 18.6 Å². The highest BCUT2D eigenvalue weighted by Gasteiger charge is 2.15. The number of rotatable bonds is 7. The van der Waals surface area contributed by atoms with Crippen LogP contribution in [-0.4, -0.2) is 41.2 Å². The van der Waals surface area contributed by atoms with Gasteiger partial charge in [-0.3, -0.25) is 4.90 Å². The van der Waals surface area contributed by atoms with E-state index in [0.717, 1.165) is 12.1 Å². The Hall–Kier alpha value is -1.55. The second kappa shape index (κ2) is 7.29. The number of carbonyl (C=O) groups is 1. The van der Waals surface area contributed by atoms with Gasteiger partial charge in [0.2, 0.25) is 0 Å². The van der Waals surface area contributed by atoms with Crippen molar-refractivity contribution < 1.29 is 14.6 Å². The largest absolute Gasteiger partial charge is 0.491 e. The van der Waals surface area contributed by atoms with E-state index in [4.69, 9.17) is 4.74 Å². The van der Waals surface area contributed by atoms with Crippen molar-refractivity contribution >= 4 is 5.97 Å². The van der Waals surface area contributed by atoms with Gasteiger partial charge in [0.15, 0.2) is 0 Å². The summed E-state index contributed by atoms with van der Waals surface area (Å²) in [6, 6.07) is 6.12. The van der Waals surface area contributed by atoms with E-state index in [0.29, 0.717) is 24.4 Å². The van der Waals surface area contributed by atoms with Crippen molar-refractivity contribution in [3.63, 3.8) is 0 Å². The van der Waals surface area contributed by atoms with E-state index < -0.39 is 5.97 Å². The molecule has 0 aromatic heterocycles. The summed E-state index contributed by atoms with van der Waals surface area (Å²) in [4.78, 5) is 13.5. The highest BCUT2D eigenvalue weighted by Crippen LogP contribution is 2.20. The fourth-order valence-electron chi connectivity index (χ4n) is 2.31. The van der Waals surface area contributed by atoms with Crippen molar-refractivity contribution in [3.8, 4) is 5.75 Å². The second-order valence-corrected chi connectivity index (χ2v) is 5.58. The lowest BCUT2D eigenvalue weighted by atomic mass is 10.1. The average molecular weight is 279 g/mol. The third kappa shape index (κ3) is 4.53. The third-order valence-electron chi connectivity index (χ3n) is 3.30. The Morgan fingerprint density at radius 2 is 1.85 bits per heavy atom. The average Bonchev–Trinajstić information content (AvgIpc) is 2.34. The topological polar surface area (TPSA) is 49.8 Å². The van der Waals surface area contributed by atoms with E-state index >= 15 is 0 Å². The van der Waals surface area contributed by atoms with Crippen LogP contribution in [-0.2, 0) is 0 Å². The maximum atomic E-state index is 11.2. The number of benzene rings is 1. The predicted molar refractivity (Wildman–Crippen MR) is 80.6 cm³/mol. The molecule has 0 saturated carbocycles. The molecule has 1 aromatic carbocycles. The lowest BCUT2D eigenvalue weighted by Gasteiger charge is -2.30. The van der Waals surface area contributed by atoms with Crippen molar-refractivity contribution in [3.05, 3.63) is 29.3 Å². The van der Waals surface area contributed by atoms with Crippen LogP contribution in [0.1, 0.15) is 43.6 Å². The van der Waals surface area contributed by atoms with Crippen LogP contribution in [0.3, 0.4) is 0 Å². The molecular weight excluding hydrogens is 254 g/mol. The summed E-state index contributed by atoms with van der Waals surface area (Å²) in [6.07, 6.45) is 0. The number of nitrogens with zero attached hydrogens (tertiary/aromatic N) is 1. The number of hydrogen-bond donors (Lipinski definition) is 1. The molecule has 1 N–H and O–H groups in total. The molecule has 0 aliphatic carbocycles. The molecule has 0 fully saturated rings. The standard InChI is InChI=1S/C16H25NO3/c1-11(2)17(12(3)4)8-9-20-15-7-6-13(5)10-14(15)16(18)19/h6-7,10-12H,8-9H2,1-5H3,(H,18,19). The lowest BCUT2D eigenvalue weighted by molar-refractivity contribution is 0.0690. The summed E-state index contributed by atoms with van der Waals surface area (Å²) in [5, 5.41) is 9.18. The highest BCUT2D eigenvalue weighted by atomic mass is 16.5. The summed E-state index contributed by atoms with van der Waals surface area (Å²) in [5.74, 6) is -0.510. The smallest absolute Gasteiger partial charge is 0.339 e. The van der Waals surface area contributed by atoms with E-state index in [2.05, 4.69) is 32.6 Å². The van der Waals surface area contributed by atoms with Gasteiger partial charge in [0.1, 0.15) is 17.9 Å². The number of aryl methyl sites for hydroxylation is 1. The first-order valence-electron chi connectivity index (χ1n) is 7.05. The Morgan fingerprint density at radius 3 is 2.35 bits per heavy atom. The summed E-state index contributed by atoms with van der Waals surface area (Å²) < 4.78 is 5.66. The normalized spacial score (nSPS) is 11.4. The highest BCUT2D eigenvalue weighted by molar-refractivity contribution is 5.91. The molecule has 1 aromatic rings. The van der Waals surface area contributed by atoms with Crippen molar-refractivity contribution in [1.29, 1.82) is 0 Å². The Balaban J connectivity index is 2.68. The fourth-order valence-corrected chi connectivity index (χ4v) is 2.31. The fraction of sp³-hybridized carbons (Fsp3) is 0.562. The van der Waals surface area contributed by atoms with Gasteiger partial charge in [0.25, 0.3) is 0 Å². The number of ether oxygens (including phenoxy) is 1. The van der Waals surface area contributed by atoms with Gasteiger partial charge in [-0.05, 0) is 46.8 Å². The Labute approximate surface area is 121 Å². The maximum Gasteiger partial charge on any atom is 0.339 e. The minimum atomic E-state index is -0.951. The third-order valence-corrected chi connectivity index (χ3v) is 3.30. The monoisotopic (exact) mass is 279 g/mol. The predicted octanol–water partition coefficient (Wildman–Crippen LogP) is 3.19. The van der Waals surface area contributed by atoms with Gasteiger partial charge >= 0.3 is 5.97 Å². The molecule has 1 rings (SSSR count). The number of carboxylic acids is 1. The summed E-state index contributed by atoms with van der Waals surface area (Å²) in [5.41, 5.74) is 1.14. The second-order valence-electron chi connectivity index (χ2n) is 5.58. The van der Waals surface area contributed by atoms with Crippen LogP contribution in [0.15, 0.2) is 18.2 Å². The Bertz CT molecular complexity index is 447. The minimum absolute atomic E-state index is 0.227. The van der Waals surface area contributed by atoms with Crippen LogP contribution < -0.4 is 4.74 Å². The molecule has 4 heteroatoms. The van der Waals surface area contributed by atoms with Crippen LogP contribution in [0.2, 0.25) is 0 Å². The first kappa shape index (κ1) is 16.5. The van der Waals surface area contributed by atoms with Crippen molar-refractivity contribution in [2.24, 2.45) is 0 Å². The van der Waals surface area contributed by atoms with E-state index in [1.54, 1.807) is 12.1 Å². The van der Waals surface area contributed by atoms with Crippen molar-refractivity contribution in [1.82, 2.24) is 4.90 Å². The quantitative estimate of drug-likeness (QED) is 0.832. The molecule has 0 bridgehead atoms. The molecule has 4 nitrogen and oxygen atoms in total. The zero-order valence-electron chi connectivity index (χ0n) is 13.0. The van der Waals surface area contributed by atoms with Crippen molar-refractivity contribution in [2.45, 2.75) is 46.7 Å². The lowest BCUT2D eigenvalue weighted by Crippen LogP contribution is -2.39. The van der Waals surface area contributed by atoms with Crippen LogP contribution >= 0.6 is 0 Å². The van der Waals surface area contributed by atoms with Gasteiger partial charge in [-0.1, -0.05) is 11.6 Å². The Kier molecular flexibility index (Phi) is 6.02. The van der Waals surface area contributed by atoms with E-state index in [1.807, 2.05) is 13.0 Å². The molecular formula is C16H25NO3. The molecule has 0 aliphatic rings. The van der Waals surface area contributed by atoms with Gasteiger partial charge in [-0.15, -0.1) is 0 Å². The zero-order chi connectivity index (χ0) is 15.3. The van der Waals surface area contributed by atoms with E-state index in [-0.39, 0.29) is 5.56 Å². The van der Waals surface area contributed by atoms with Crippen LogP contribution in [0.4, 0.5) is 0 Å². The summed E-state index contributed by atoms with van der Waals surface area (Å²) in [6.45, 7) is 11.7. The molecule has 112 valence electrons. The molecule has 0 atom stereocenters. The first-order chi connectivity index (χ1) is 9.32. The molecule has 0 amide bonds. The van der Waals surface area contributed by atoms with Crippen LogP contribution in [0, 0.1) is 6.92 Å². The molecule has 0 radical (unpaired) electrons. The first-order valence-corrected chi connectivity index (χ1v) is 7.05. The zero-order valence-corrected chi connectivity index (χ0v) is 13.0. The SMILES string of the molecule is Cc1ccc(OCCN(C(C)C)C(C)C)c(C(=O)O)c1. The van der Waals surface area contributed by atoms with Crippen LogP contribution in [0.5, 0.6) is 5.75 Å². The van der Waals surface area contributed by atoms with E-state index in [1.165, 1.54) is 0 Å². The molecule has 0 spiro atoms. The molecule has 0 saturated heterocycles. The van der Waals surface area contributed by atoms with Crippen molar-refractivity contribution in [2.75, 3.05) is 13.2 Å². The number of aromatic carboxylic acids is 1. The summed E-state index contributed by atoms with van der Waals surface area (Å²) >= 11 is 0. The van der Waals surface area contributed by atoms with Gasteiger partial charge < -0.3 is 9.84 Å². The molecule has 0 unspecified atom stereocenters. The van der Waals surface area contributed by atoms with Gasteiger partial charge in [-0.25, -0.2) is 4.79 Å². The Morgan fingerprint density at radius 1 is 1.25 bits per heavy atom. The molecule has 0 aliphatic heterocycles. The summed E-state index contributed by atoms with van der Waals surface area (Å²) in [7, 11) is 0.